The van der Waals surface area contributed by atoms with Crippen LogP contribution < -0.4 is 4.74 Å². The van der Waals surface area contributed by atoms with Gasteiger partial charge in [0.1, 0.15) is 12.4 Å². The standard InChI is InChI=1S/C11H13F3O2S/c1-15-3-4-16-9-5-8(11(12,13)14)6-10(7-9)17-2/h5-7H,3-4H2,1-2H3. The van der Waals surface area contributed by atoms with Crippen molar-refractivity contribution in [1.82, 2.24) is 0 Å². The van der Waals surface area contributed by atoms with Gasteiger partial charge in [-0.2, -0.15) is 13.2 Å². The van der Waals surface area contributed by atoms with Gasteiger partial charge in [0.05, 0.1) is 12.2 Å². The first-order valence-corrected chi connectivity index (χ1v) is 6.08. The normalized spacial score (nSPS) is 11.6. The average molecular weight is 266 g/mol. The van der Waals surface area contributed by atoms with Crippen molar-refractivity contribution in [3.8, 4) is 5.75 Å². The molecule has 6 heteroatoms. The maximum atomic E-state index is 12.6. The van der Waals surface area contributed by atoms with Gasteiger partial charge in [-0.05, 0) is 24.5 Å². The van der Waals surface area contributed by atoms with Gasteiger partial charge >= 0.3 is 6.18 Å². The first kappa shape index (κ1) is 14.2. The van der Waals surface area contributed by atoms with E-state index in [1.54, 1.807) is 12.3 Å². The Morgan fingerprint density at radius 3 is 2.41 bits per heavy atom. The van der Waals surface area contributed by atoms with E-state index in [1.807, 2.05) is 0 Å². The van der Waals surface area contributed by atoms with Crippen LogP contribution in [0.25, 0.3) is 0 Å². The van der Waals surface area contributed by atoms with E-state index in [0.29, 0.717) is 11.5 Å². The number of hydrogen-bond acceptors (Lipinski definition) is 3. The lowest BCUT2D eigenvalue weighted by Gasteiger charge is -2.12. The summed E-state index contributed by atoms with van der Waals surface area (Å²) in [5.41, 5.74) is -0.697. The minimum absolute atomic E-state index is 0.209. The lowest BCUT2D eigenvalue weighted by Crippen LogP contribution is -2.08. The fourth-order valence-corrected chi connectivity index (χ4v) is 1.66. The fourth-order valence-electron chi connectivity index (χ4n) is 1.18. The first-order chi connectivity index (χ1) is 7.97. The van der Waals surface area contributed by atoms with E-state index < -0.39 is 11.7 Å². The molecule has 0 saturated heterocycles. The number of thioether (sulfide) groups is 1. The zero-order valence-electron chi connectivity index (χ0n) is 9.50. The Kier molecular flexibility index (Phi) is 5.14. The van der Waals surface area contributed by atoms with E-state index in [0.717, 1.165) is 12.1 Å². The second-order valence-electron chi connectivity index (χ2n) is 3.24. The summed E-state index contributed by atoms with van der Waals surface area (Å²) in [5.74, 6) is 0.209. The van der Waals surface area contributed by atoms with Gasteiger partial charge in [0.15, 0.2) is 0 Å². The molecule has 1 rings (SSSR count). The molecule has 0 aliphatic heterocycles. The molecule has 0 aliphatic rings. The lowest BCUT2D eigenvalue weighted by molar-refractivity contribution is -0.137. The van der Waals surface area contributed by atoms with Crippen molar-refractivity contribution >= 4 is 11.8 Å². The van der Waals surface area contributed by atoms with Crippen molar-refractivity contribution in [1.29, 1.82) is 0 Å². The van der Waals surface area contributed by atoms with Crippen LogP contribution in [0, 0.1) is 0 Å². The van der Waals surface area contributed by atoms with E-state index in [-0.39, 0.29) is 12.4 Å². The summed E-state index contributed by atoms with van der Waals surface area (Å²) in [5, 5.41) is 0. The largest absolute Gasteiger partial charge is 0.491 e. The number of halogens is 3. The lowest BCUT2D eigenvalue weighted by atomic mass is 10.2. The van der Waals surface area contributed by atoms with Crippen molar-refractivity contribution < 1.29 is 22.6 Å². The van der Waals surface area contributed by atoms with Crippen LogP contribution >= 0.6 is 11.8 Å². The third-order valence-electron chi connectivity index (χ3n) is 2.00. The molecule has 96 valence electrons. The van der Waals surface area contributed by atoms with E-state index in [2.05, 4.69) is 0 Å². The zero-order chi connectivity index (χ0) is 12.9. The minimum atomic E-state index is -4.36. The Bertz CT molecular complexity index is 366. The molecule has 2 nitrogen and oxygen atoms in total. The fraction of sp³-hybridized carbons (Fsp3) is 0.455. The van der Waals surface area contributed by atoms with Crippen LogP contribution in [-0.2, 0) is 10.9 Å². The summed E-state index contributed by atoms with van der Waals surface area (Å²) in [7, 11) is 1.50. The molecule has 0 aliphatic carbocycles. The molecule has 0 N–H and O–H groups in total. The molecule has 0 amide bonds. The number of rotatable bonds is 5. The maximum absolute atomic E-state index is 12.6. The quantitative estimate of drug-likeness (QED) is 0.600. The van der Waals surface area contributed by atoms with Crippen LogP contribution in [-0.4, -0.2) is 26.6 Å². The highest BCUT2D eigenvalue weighted by Crippen LogP contribution is 2.34. The van der Waals surface area contributed by atoms with Crippen molar-refractivity contribution in [2.24, 2.45) is 0 Å². The van der Waals surface area contributed by atoms with Crippen LogP contribution in [0.2, 0.25) is 0 Å². The Labute approximate surface area is 102 Å². The highest BCUT2D eigenvalue weighted by atomic mass is 32.2. The second-order valence-corrected chi connectivity index (χ2v) is 4.12. The Hall–Kier alpha value is -0.880. The summed E-state index contributed by atoms with van der Waals surface area (Å²) < 4.78 is 47.7. The molecule has 0 bridgehead atoms. The van der Waals surface area contributed by atoms with Crippen molar-refractivity contribution in [3.63, 3.8) is 0 Å². The minimum Gasteiger partial charge on any atom is -0.491 e. The highest BCUT2D eigenvalue weighted by Gasteiger charge is 2.31. The summed E-state index contributed by atoms with van der Waals surface area (Å²) in [6, 6.07) is 3.68. The Balaban J connectivity index is 2.89. The predicted octanol–water partition coefficient (Wildman–Crippen LogP) is 3.45. The zero-order valence-corrected chi connectivity index (χ0v) is 10.3. The van der Waals surface area contributed by atoms with Gasteiger partial charge in [0.2, 0.25) is 0 Å². The highest BCUT2D eigenvalue weighted by molar-refractivity contribution is 7.98. The van der Waals surface area contributed by atoms with Gasteiger partial charge in [-0.15, -0.1) is 11.8 Å². The van der Waals surface area contributed by atoms with Gasteiger partial charge in [-0.3, -0.25) is 0 Å². The van der Waals surface area contributed by atoms with Gasteiger partial charge < -0.3 is 9.47 Å². The predicted molar refractivity (Wildman–Crippen MR) is 60.6 cm³/mol. The van der Waals surface area contributed by atoms with Gasteiger partial charge in [0.25, 0.3) is 0 Å². The molecule has 0 atom stereocenters. The molecule has 1 aromatic carbocycles. The van der Waals surface area contributed by atoms with Crippen LogP contribution in [0.1, 0.15) is 5.56 Å². The number of hydrogen-bond donors (Lipinski definition) is 0. The first-order valence-electron chi connectivity index (χ1n) is 4.85. The third kappa shape index (κ3) is 4.47. The summed E-state index contributed by atoms with van der Waals surface area (Å²) >= 11 is 1.24. The summed E-state index contributed by atoms with van der Waals surface area (Å²) in [6.07, 6.45) is -2.64. The number of ether oxygens (including phenoxy) is 2. The van der Waals surface area contributed by atoms with Crippen molar-refractivity contribution in [3.05, 3.63) is 23.8 Å². The van der Waals surface area contributed by atoms with E-state index in [1.165, 1.54) is 18.9 Å². The SMILES string of the molecule is COCCOc1cc(SC)cc(C(F)(F)F)c1. The molecule has 1 aromatic rings. The summed E-state index contributed by atoms with van der Waals surface area (Å²) in [4.78, 5) is 0.521. The van der Waals surface area contributed by atoms with Crippen molar-refractivity contribution in [2.75, 3.05) is 26.6 Å². The average Bonchev–Trinajstić information content (AvgIpc) is 2.28. The second kappa shape index (κ2) is 6.16. The molecular weight excluding hydrogens is 253 g/mol. The van der Waals surface area contributed by atoms with Crippen LogP contribution in [0.5, 0.6) is 5.75 Å². The molecular formula is C11H13F3O2S. The van der Waals surface area contributed by atoms with Gasteiger partial charge in [0, 0.05) is 12.0 Å². The van der Waals surface area contributed by atoms with E-state index >= 15 is 0 Å². The molecule has 0 fully saturated rings. The topological polar surface area (TPSA) is 18.5 Å². The van der Waals surface area contributed by atoms with Crippen molar-refractivity contribution in [2.45, 2.75) is 11.1 Å². The molecule has 0 radical (unpaired) electrons. The Morgan fingerprint density at radius 1 is 1.18 bits per heavy atom. The van der Waals surface area contributed by atoms with Gasteiger partial charge in [-0.25, -0.2) is 0 Å². The van der Waals surface area contributed by atoms with Crippen LogP contribution in [0.3, 0.4) is 0 Å². The summed E-state index contributed by atoms with van der Waals surface area (Å²) in [6.45, 7) is 0.566. The third-order valence-corrected chi connectivity index (χ3v) is 2.71. The molecule has 0 spiro atoms. The smallest absolute Gasteiger partial charge is 0.416 e. The molecule has 0 aromatic heterocycles. The Morgan fingerprint density at radius 2 is 1.88 bits per heavy atom. The molecule has 0 unspecified atom stereocenters. The number of benzene rings is 1. The molecule has 0 heterocycles. The number of alkyl halides is 3. The van der Waals surface area contributed by atoms with Gasteiger partial charge in [-0.1, -0.05) is 0 Å². The van der Waals surface area contributed by atoms with Crippen LogP contribution in [0.15, 0.2) is 23.1 Å². The van der Waals surface area contributed by atoms with E-state index in [4.69, 9.17) is 9.47 Å². The van der Waals surface area contributed by atoms with E-state index in [9.17, 15) is 13.2 Å². The maximum Gasteiger partial charge on any atom is 0.416 e. The van der Waals surface area contributed by atoms with Crippen LogP contribution in [0.4, 0.5) is 13.2 Å². The number of methoxy groups -OCH3 is 1. The molecule has 17 heavy (non-hydrogen) atoms. The molecule has 0 saturated carbocycles. The monoisotopic (exact) mass is 266 g/mol.